The molecule has 0 aliphatic heterocycles. The number of anilines is 1. The van der Waals surface area contributed by atoms with Crippen molar-refractivity contribution < 1.29 is 4.74 Å². The van der Waals surface area contributed by atoms with Gasteiger partial charge in [-0.05, 0) is 19.9 Å². The summed E-state index contributed by atoms with van der Waals surface area (Å²) in [5.74, 6) is 1.32. The topological polar surface area (TPSA) is 59.9 Å². The molecule has 0 bridgehead atoms. The zero-order valence-electron chi connectivity index (χ0n) is 10.5. The minimum absolute atomic E-state index is 0.325. The van der Waals surface area contributed by atoms with E-state index in [1.165, 1.54) is 6.33 Å². The van der Waals surface area contributed by atoms with E-state index in [9.17, 15) is 0 Å². The van der Waals surface area contributed by atoms with Gasteiger partial charge in [0.2, 0.25) is 5.88 Å². The molecule has 18 heavy (non-hydrogen) atoms. The van der Waals surface area contributed by atoms with Crippen molar-refractivity contribution in [1.29, 1.82) is 0 Å². The maximum Gasteiger partial charge on any atom is 0.218 e. The molecule has 0 fully saturated rings. The fraction of sp³-hybridized carbons (Fsp3) is 0.308. The Morgan fingerprint density at radius 3 is 2.94 bits per heavy atom. The molecule has 0 saturated carbocycles. The molecule has 2 rings (SSSR count). The number of nitrogens with one attached hydrogen (secondary N) is 1. The van der Waals surface area contributed by atoms with Crippen molar-refractivity contribution >= 4 is 5.82 Å². The lowest BCUT2D eigenvalue weighted by atomic mass is 10.3. The zero-order chi connectivity index (χ0) is 12.8. The van der Waals surface area contributed by atoms with Crippen LogP contribution in [0.3, 0.4) is 0 Å². The van der Waals surface area contributed by atoms with Crippen LogP contribution in [0.5, 0.6) is 5.88 Å². The highest BCUT2D eigenvalue weighted by Gasteiger charge is 2.01. The average Bonchev–Trinajstić information content (AvgIpc) is 2.37. The summed E-state index contributed by atoms with van der Waals surface area (Å²) < 4.78 is 5.58. The summed E-state index contributed by atoms with van der Waals surface area (Å²) in [6, 6.07) is 5.95. The normalized spacial score (nSPS) is 10.4. The van der Waals surface area contributed by atoms with Crippen LogP contribution in [0.2, 0.25) is 0 Å². The van der Waals surface area contributed by atoms with E-state index in [0.29, 0.717) is 18.5 Å². The number of ether oxygens (including phenoxy) is 1. The number of pyridine rings is 1. The van der Waals surface area contributed by atoms with E-state index < -0.39 is 0 Å². The Morgan fingerprint density at radius 1 is 1.33 bits per heavy atom. The van der Waals surface area contributed by atoms with E-state index in [2.05, 4.69) is 34.1 Å². The third kappa shape index (κ3) is 3.69. The molecule has 0 radical (unpaired) electrons. The Morgan fingerprint density at radius 2 is 2.22 bits per heavy atom. The Bertz CT molecular complexity index is 487. The lowest BCUT2D eigenvalue weighted by Crippen LogP contribution is -2.11. The van der Waals surface area contributed by atoms with Crippen molar-refractivity contribution in [2.24, 2.45) is 0 Å². The SMILES string of the molecule is CC(C)Nc1cc(OCc2cccnc2)ncn1. The molecule has 0 unspecified atom stereocenters. The van der Waals surface area contributed by atoms with E-state index in [-0.39, 0.29) is 0 Å². The highest BCUT2D eigenvalue weighted by Crippen LogP contribution is 2.13. The zero-order valence-corrected chi connectivity index (χ0v) is 10.5. The van der Waals surface area contributed by atoms with E-state index in [0.717, 1.165) is 11.4 Å². The maximum absolute atomic E-state index is 5.58. The highest BCUT2D eigenvalue weighted by atomic mass is 16.5. The second-order valence-corrected chi connectivity index (χ2v) is 4.19. The molecule has 0 aromatic carbocycles. The van der Waals surface area contributed by atoms with Crippen molar-refractivity contribution in [3.05, 3.63) is 42.5 Å². The van der Waals surface area contributed by atoms with Crippen LogP contribution >= 0.6 is 0 Å². The summed E-state index contributed by atoms with van der Waals surface area (Å²) in [5.41, 5.74) is 1.01. The van der Waals surface area contributed by atoms with Gasteiger partial charge in [-0.15, -0.1) is 0 Å². The maximum atomic E-state index is 5.58. The number of aromatic nitrogens is 3. The van der Waals surface area contributed by atoms with Gasteiger partial charge in [-0.2, -0.15) is 0 Å². The minimum atomic E-state index is 0.325. The molecule has 2 aromatic heterocycles. The van der Waals surface area contributed by atoms with Crippen LogP contribution in [0, 0.1) is 0 Å². The standard InChI is InChI=1S/C13H16N4O/c1-10(2)17-12-6-13(16-9-15-12)18-8-11-4-3-5-14-7-11/h3-7,9-10H,8H2,1-2H3,(H,15,16,17). The summed E-state index contributed by atoms with van der Waals surface area (Å²) >= 11 is 0. The molecule has 0 aliphatic rings. The van der Waals surface area contributed by atoms with E-state index in [1.807, 2.05) is 12.1 Å². The van der Waals surface area contributed by atoms with Gasteiger partial charge in [0.15, 0.2) is 0 Å². The molecule has 5 nitrogen and oxygen atoms in total. The largest absolute Gasteiger partial charge is 0.473 e. The lowest BCUT2D eigenvalue weighted by molar-refractivity contribution is 0.293. The number of hydrogen-bond donors (Lipinski definition) is 1. The predicted octanol–water partition coefficient (Wildman–Crippen LogP) is 2.27. The molecular weight excluding hydrogens is 228 g/mol. The molecule has 0 amide bonds. The molecule has 0 spiro atoms. The summed E-state index contributed by atoms with van der Waals surface area (Å²) in [6.45, 7) is 4.56. The van der Waals surface area contributed by atoms with Gasteiger partial charge < -0.3 is 10.1 Å². The molecule has 0 aliphatic carbocycles. The summed E-state index contributed by atoms with van der Waals surface area (Å²) in [4.78, 5) is 12.2. The van der Waals surface area contributed by atoms with Crippen molar-refractivity contribution in [3.8, 4) is 5.88 Å². The van der Waals surface area contributed by atoms with Gasteiger partial charge in [0.1, 0.15) is 18.8 Å². The first kappa shape index (κ1) is 12.3. The van der Waals surface area contributed by atoms with Crippen molar-refractivity contribution in [3.63, 3.8) is 0 Å². The number of hydrogen-bond acceptors (Lipinski definition) is 5. The quantitative estimate of drug-likeness (QED) is 0.874. The first-order valence-electron chi connectivity index (χ1n) is 5.84. The molecule has 2 heterocycles. The van der Waals surface area contributed by atoms with Crippen molar-refractivity contribution in [2.75, 3.05) is 5.32 Å². The van der Waals surface area contributed by atoms with Gasteiger partial charge >= 0.3 is 0 Å². The van der Waals surface area contributed by atoms with E-state index in [1.54, 1.807) is 18.5 Å². The van der Waals surface area contributed by atoms with E-state index in [4.69, 9.17) is 4.74 Å². The average molecular weight is 244 g/mol. The fourth-order valence-corrected chi connectivity index (χ4v) is 1.43. The molecule has 5 heteroatoms. The van der Waals surface area contributed by atoms with Gasteiger partial charge in [-0.3, -0.25) is 4.98 Å². The van der Waals surface area contributed by atoms with Crippen LogP contribution in [-0.2, 0) is 6.61 Å². The number of nitrogens with zero attached hydrogens (tertiary/aromatic N) is 3. The van der Waals surface area contributed by atoms with Gasteiger partial charge in [-0.1, -0.05) is 6.07 Å². The van der Waals surface area contributed by atoms with Crippen LogP contribution in [0.15, 0.2) is 36.9 Å². The predicted molar refractivity (Wildman–Crippen MR) is 69.4 cm³/mol. The van der Waals surface area contributed by atoms with Crippen LogP contribution < -0.4 is 10.1 Å². The van der Waals surface area contributed by atoms with Gasteiger partial charge in [0.25, 0.3) is 0 Å². The molecule has 0 atom stereocenters. The number of rotatable bonds is 5. The second-order valence-electron chi connectivity index (χ2n) is 4.19. The fourth-order valence-electron chi connectivity index (χ4n) is 1.43. The lowest BCUT2D eigenvalue weighted by Gasteiger charge is -2.10. The highest BCUT2D eigenvalue weighted by molar-refractivity contribution is 5.37. The molecule has 0 saturated heterocycles. The van der Waals surface area contributed by atoms with Crippen LogP contribution in [0.4, 0.5) is 5.82 Å². The van der Waals surface area contributed by atoms with Crippen molar-refractivity contribution in [1.82, 2.24) is 15.0 Å². The van der Waals surface area contributed by atoms with Crippen LogP contribution in [0.25, 0.3) is 0 Å². The Hall–Kier alpha value is -2.17. The van der Waals surface area contributed by atoms with Crippen LogP contribution in [-0.4, -0.2) is 21.0 Å². The summed E-state index contributed by atoms with van der Waals surface area (Å²) in [7, 11) is 0. The molecule has 94 valence electrons. The smallest absolute Gasteiger partial charge is 0.218 e. The van der Waals surface area contributed by atoms with Gasteiger partial charge in [-0.25, -0.2) is 9.97 Å². The first-order chi connectivity index (χ1) is 8.74. The minimum Gasteiger partial charge on any atom is -0.473 e. The Kier molecular flexibility index (Phi) is 4.06. The van der Waals surface area contributed by atoms with Gasteiger partial charge in [0.05, 0.1) is 0 Å². The third-order valence-electron chi connectivity index (χ3n) is 2.19. The van der Waals surface area contributed by atoms with Crippen molar-refractivity contribution in [2.45, 2.75) is 26.5 Å². The Balaban J connectivity index is 1.97. The van der Waals surface area contributed by atoms with Crippen LogP contribution in [0.1, 0.15) is 19.4 Å². The third-order valence-corrected chi connectivity index (χ3v) is 2.19. The Labute approximate surface area is 106 Å². The summed E-state index contributed by atoms with van der Waals surface area (Å²) in [6.07, 6.45) is 5.00. The molecular formula is C13H16N4O. The van der Waals surface area contributed by atoms with Gasteiger partial charge in [0, 0.05) is 30.1 Å². The molecule has 1 N–H and O–H groups in total. The monoisotopic (exact) mass is 244 g/mol. The summed E-state index contributed by atoms with van der Waals surface area (Å²) in [5, 5.41) is 3.20. The van der Waals surface area contributed by atoms with E-state index >= 15 is 0 Å². The first-order valence-corrected chi connectivity index (χ1v) is 5.84. The molecule has 2 aromatic rings. The second kappa shape index (κ2) is 5.95.